The average molecular weight is 276 g/mol. The minimum Gasteiger partial charge on any atom is -0.378 e. The van der Waals surface area contributed by atoms with Gasteiger partial charge in [0.05, 0.1) is 5.52 Å². The van der Waals surface area contributed by atoms with Gasteiger partial charge < -0.3 is 5.32 Å². The van der Waals surface area contributed by atoms with Gasteiger partial charge in [-0.25, -0.2) is 0 Å². The maximum absolute atomic E-state index is 4.40. The highest BCUT2D eigenvalue weighted by Gasteiger charge is 2.07. The van der Waals surface area contributed by atoms with Gasteiger partial charge in [0.25, 0.3) is 0 Å². The molecule has 1 heterocycles. The molecule has 1 atom stereocenters. The van der Waals surface area contributed by atoms with Gasteiger partial charge >= 0.3 is 0 Å². The molecule has 0 saturated carbocycles. The summed E-state index contributed by atoms with van der Waals surface area (Å²) in [6.07, 6.45) is 2.94. The number of pyridine rings is 1. The van der Waals surface area contributed by atoms with Gasteiger partial charge in [-0.1, -0.05) is 49.4 Å². The summed E-state index contributed by atoms with van der Waals surface area (Å²) in [6.45, 7) is 4.37. The van der Waals surface area contributed by atoms with E-state index in [0.717, 1.165) is 23.0 Å². The lowest BCUT2D eigenvalue weighted by molar-refractivity contribution is 0.884. The number of hydrogen-bond acceptors (Lipinski definition) is 2. The van der Waals surface area contributed by atoms with Gasteiger partial charge in [0, 0.05) is 23.3 Å². The summed E-state index contributed by atoms with van der Waals surface area (Å²) in [5.41, 5.74) is 4.83. The number of anilines is 1. The predicted octanol–water partition coefficient (Wildman–Crippen LogP) is 4.97. The zero-order valence-electron chi connectivity index (χ0n) is 12.5. The maximum Gasteiger partial charge on any atom is 0.0722 e. The van der Waals surface area contributed by atoms with E-state index in [9.17, 15) is 0 Å². The fourth-order valence-electron chi connectivity index (χ4n) is 2.58. The molecule has 3 rings (SSSR count). The summed E-state index contributed by atoms with van der Waals surface area (Å²) < 4.78 is 0. The lowest BCUT2D eigenvalue weighted by Crippen LogP contribution is -2.07. The van der Waals surface area contributed by atoms with Crippen LogP contribution in [0.5, 0.6) is 0 Å². The quantitative estimate of drug-likeness (QED) is 0.727. The minimum absolute atomic E-state index is 0.265. The molecule has 0 bridgehead atoms. The van der Waals surface area contributed by atoms with E-state index in [1.165, 1.54) is 11.1 Å². The topological polar surface area (TPSA) is 24.9 Å². The molecule has 0 amide bonds. The minimum atomic E-state index is 0.265. The number of benzene rings is 2. The van der Waals surface area contributed by atoms with Crippen molar-refractivity contribution in [2.24, 2.45) is 0 Å². The Morgan fingerprint density at radius 1 is 1.00 bits per heavy atom. The van der Waals surface area contributed by atoms with Crippen molar-refractivity contribution in [3.8, 4) is 0 Å². The van der Waals surface area contributed by atoms with Crippen molar-refractivity contribution >= 4 is 16.6 Å². The van der Waals surface area contributed by atoms with Gasteiger partial charge in [-0.2, -0.15) is 0 Å². The average Bonchev–Trinajstić information content (AvgIpc) is 2.55. The molecule has 0 spiro atoms. The predicted molar refractivity (Wildman–Crippen MR) is 89.6 cm³/mol. The molecule has 21 heavy (non-hydrogen) atoms. The Bertz CT molecular complexity index is 727. The molecule has 0 aliphatic carbocycles. The van der Waals surface area contributed by atoms with E-state index in [-0.39, 0.29) is 6.04 Å². The summed E-state index contributed by atoms with van der Waals surface area (Å²) in [5, 5.41) is 4.76. The summed E-state index contributed by atoms with van der Waals surface area (Å²) in [4.78, 5) is 4.40. The van der Waals surface area contributed by atoms with Gasteiger partial charge in [0.15, 0.2) is 0 Å². The van der Waals surface area contributed by atoms with Crippen LogP contribution in [0.2, 0.25) is 0 Å². The van der Waals surface area contributed by atoms with Crippen LogP contribution in [0, 0.1) is 0 Å². The Kier molecular flexibility index (Phi) is 3.87. The van der Waals surface area contributed by atoms with E-state index >= 15 is 0 Å². The van der Waals surface area contributed by atoms with Crippen LogP contribution < -0.4 is 5.32 Å². The molecule has 0 radical (unpaired) electrons. The molecule has 1 aromatic heterocycles. The Hall–Kier alpha value is -2.35. The molecule has 0 aliphatic rings. The molecule has 1 N–H and O–H groups in total. The van der Waals surface area contributed by atoms with Crippen LogP contribution in [0.25, 0.3) is 10.9 Å². The normalized spacial score (nSPS) is 12.3. The number of para-hydroxylation sites is 1. The molecule has 0 fully saturated rings. The fourth-order valence-corrected chi connectivity index (χ4v) is 2.58. The summed E-state index contributed by atoms with van der Waals surface area (Å²) in [7, 11) is 0. The van der Waals surface area contributed by atoms with E-state index in [4.69, 9.17) is 0 Å². The molecule has 3 aromatic rings. The standard InChI is InChI=1S/C19H20N2/c1-3-15-8-10-16(11-9-15)14(2)21-19-12-13-20-18-7-5-4-6-17(18)19/h4-14H,3H2,1-2H3,(H,20,21). The number of nitrogens with one attached hydrogen (secondary N) is 1. The molecule has 2 nitrogen and oxygen atoms in total. The molecule has 106 valence electrons. The van der Waals surface area contributed by atoms with E-state index in [1.54, 1.807) is 0 Å². The van der Waals surface area contributed by atoms with Gasteiger partial charge in [-0.05, 0) is 36.6 Å². The number of fused-ring (bicyclic) bond motifs is 1. The molecular formula is C19H20N2. The summed E-state index contributed by atoms with van der Waals surface area (Å²) in [5.74, 6) is 0. The Morgan fingerprint density at radius 3 is 2.52 bits per heavy atom. The van der Waals surface area contributed by atoms with Crippen LogP contribution in [0.3, 0.4) is 0 Å². The molecule has 1 unspecified atom stereocenters. The highest BCUT2D eigenvalue weighted by atomic mass is 14.9. The SMILES string of the molecule is CCc1ccc(C(C)Nc2ccnc3ccccc23)cc1. The van der Waals surface area contributed by atoms with Crippen molar-refractivity contribution < 1.29 is 0 Å². The van der Waals surface area contributed by atoms with Crippen molar-refractivity contribution in [3.63, 3.8) is 0 Å². The highest BCUT2D eigenvalue weighted by Crippen LogP contribution is 2.25. The lowest BCUT2D eigenvalue weighted by atomic mass is 10.0. The second kappa shape index (κ2) is 5.96. The largest absolute Gasteiger partial charge is 0.378 e. The van der Waals surface area contributed by atoms with Crippen LogP contribution in [0.4, 0.5) is 5.69 Å². The van der Waals surface area contributed by atoms with Crippen molar-refractivity contribution in [1.82, 2.24) is 4.98 Å². The third-order valence-corrected chi connectivity index (χ3v) is 3.91. The van der Waals surface area contributed by atoms with Crippen LogP contribution in [0.15, 0.2) is 60.8 Å². The highest BCUT2D eigenvalue weighted by molar-refractivity contribution is 5.91. The van der Waals surface area contributed by atoms with Gasteiger partial charge in [0.2, 0.25) is 0 Å². The number of nitrogens with zero attached hydrogens (tertiary/aromatic N) is 1. The Labute approximate surface area is 125 Å². The summed E-state index contributed by atoms with van der Waals surface area (Å²) in [6, 6.07) is 19.4. The van der Waals surface area contributed by atoms with Crippen LogP contribution in [-0.4, -0.2) is 4.98 Å². The number of aryl methyl sites for hydroxylation is 1. The number of hydrogen-bond donors (Lipinski definition) is 1. The smallest absolute Gasteiger partial charge is 0.0722 e. The first-order valence-corrected chi connectivity index (χ1v) is 7.47. The summed E-state index contributed by atoms with van der Waals surface area (Å²) >= 11 is 0. The monoisotopic (exact) mass is 276 g/mol. The molecule has 0 saturated heterocycles. The second-order valence-electron chi connectivity index (χ2n) is 5.34. The van der Waals surface area contributed by atoms with Crippen LogP contribution in [0.1, 0.15) is 31.0 Å². The van der Waals surface area contributed by atoms with Crippen LogP contribution >= 0.6 is 0 Å². The number of aromatic nitrogens is 1. The van der Waals surface area contributed by atoms with Crippen molar-refractivity contribution in [1.29, 1.82) is 0 Å². The third-order valence-electron chi connectivity index (χ3n) is 3.91. The number of rotatable bonds is 4. The second-order valence-corrected chi connectivity index (χ2v) is 5.34. The van der Waals surface area contributed by atoms with Crippen molar-refractivity contribution in [3.05, 3.63) is 71.9 Å². The zero-order valence-corrected chi connectivity index (χ0v) is 12.5. The van der Waals surface area contributed by atoms with E-state index in [0.29, 0.717) is 0 Å². The van der Waals surface area contributed by atoms with E-state index in [1.807, 2.05) is 24.4 Å². The fraction of sp³-hybridized carbons (Fsp3) is 0.211. The van der Waals surface area contributed by atoms with E-state index in [2.05, 4.69) is 60.5 Å². The first-order chi connectivity index (χ1) is 10.3. The first-order valence-electron chi connectivity index (χ1n) is 7.47. The molecule has 2 heteroatoms. The first kappa shape index (κ1) is 13.6. The van der Waals surface area contributed by atoms with Crippen molar-refractivity contribution in [2.75, 3.05) is 5.32 Å². The third kappa shape index (κ3) is 2.89. The maximum atomic E-state index is 4.40. The zero-order chi connectivity index (χ0) is 14.7. The van der Waals surface area contributed by atoms with Gasteiger partial charge in [-0.15, -0.1) is 0 Å². The van der Waals surface area contributed by atoms with Gasteiger partial charge in [0.1, 0.15) is 0 Å². The molecule has 2 aromatic carbocycles. The van der Waals surface area contributed by atoms with Crippen LogP contribution in [-0.2, 0) is 6.42 Å². The Morgan fingerprint density at radius 2 is 1.76 bits per heavy atom. The van der Waals surface area contributed by atoms with E-state index < -0.39 is 0 Å². The lowest BCUT2D eigenvalue weighted by Gasteiger charge is -2.17. The molecular weight excluding hydrogens is 256 g/mol. The van der Waals surface area contributed by atoms with Crippen molar-refractivity contribution in [2.45, 2.75) is 26.3 Å². The van der Waals surface area contributed by atoms with Gasteiger partial charge in [-0.3, -0.25) is 4.98 Å². The Balaban J connectivity index is 1.87. The molecule has 0 aliphatic heterocycles.